The fourth-order valence-corrected chi connectivity index (χ4v) is 8.68. The van der Waals surface area contributed by atoms with E-state index < -0.39 is 56.1 Å². The van der Waals surface area contributed by atoms with Gasteiger partial charge in [0.1, 0.15) is 6.61 Å². The molecule has 3 fully saturated rings. The van der Waals surface area contributed by atoms with Crippen LogP contribution in [0.1, 0.15) is 72.1 Å². The summed E-state index contributed by atoms with van der Waals surface area (Å²) in [5.74, 6) is -1.32. The highest BCUT2D eigenvalue weighted by atomic mass is 35.5. The fraction of sp³-hybridized carbons (Fsp3) is 0.750. The van der Waals surface area contributed by atoms with E-state index in [-0.39, 0.29) is 37.1 Å². The Kier molecular flexibility index (Phi) is 8.20. The molecule has 7 atom stereocenters. The predicted molar refractivity (Wildman–Crippen MR) is 144 cm³/mol. The topological polar surface area (TPSA) is 133 Å². The SMILES string of the molecule is CCCCCOC(=O)O[C@]1(C(=O)COS(C)(=O)=O)CC[C@H]2[C@@H]3CCC4=CC(=O)C=C[C@]4(C)[C@@]3(Cl)C(O)C[C@@]21C. The first-order valence-electron chi connectivity index (χ1n) is 13.7. The average Bonchev–Trinajstić information content (AvgIpc) is 3.13. The smallest absolute Gasteiger partial charge is 0.434 e. The first-order chi connectivity index (χ1) is 18.1. The van der Waals surface area contributed by atoms with Crippen molar-refractivity contribution in [1.29, 1.82) is 0 Å². The van der Waals surface area contributed by atoms with E-state index >= 15 is 0 Å². The number of alkyl halides is 1. The van der Waals surface area contributed by atoms with Gasteiger partial charge in [-0.05, 0) is 62.5 Å². The Balaban J connectivity index is 1.71. The maximum Gasteiger partial charge on any atom is 0.509 e. The molecule has 218 valence electrons. The third-order valence-corrected chi connectivity index (χ3v) is 11.3. The van der Waals surface area contributed by atoms with Gasteiger partial charge in [0.2, 0.25) is 5.78 Å². The lowest BCUT2D eigenvalue weighted by atomic mass is 9.45. The Morgan fingerprint density at radius 3 is 2.56 bits per heavy atom. The molecule has 0 saturated heterocycles. The molecule has 1 N–H and O–H groups in total. The summed E-state index contributed by atoms with van der Waals surface area (Å²) in [7, 11) is -3.94. The second-order valence-electron chi connectivity index (χ2n) is 11.9. The Morgan fingerprint density at radius 2 is 1.90 bits per heavy atom. The van der Waals surface area contributed by atoms with Gasteiger partial charge in [-0.3, -0.25) is 13.8 Å². The van der Waals surface area contributed by atoms with E-state index in [0.717, 1.165) is 24.7 Å². The number of carbonyl (C=O) groups excluding carboxylic acids is 3. The maximum atomic E-state index is 13.8. The number of aliphatic hydroxyl groups excluding tert-OH is 1. The number of ketones is 2. The van der Waals surface area contributed by atoms with Crippen molar-refractivity contribution in [2.24, 2.45) is 22.7 Å². The third-order valence-electron chi connectivity index (χ3n) is 9.84. The Bertz CT molecular complexity index is 1200. The van der Waals surface area contributed by atoms with Crippen LogP contribution in [0.25, 0.3) is 0 Å². The number of halogens is 1. The number of hydrogen-bond donors (Lipinski definition) is 1. The molecule has 0 aromatic rings. The van der Waals surface area contributed by atoms with Gasteiger partial charge < -0.3 is 14.6 Å². The Labute approximate surface area is 235 Å². The molecule has 4 rings (SSSR count). The monoisotopic (exact) mass is 586 g/mol. The Morgan fingerprint density at radius 1 is 1.18 bits per heavy atom. The minimum atomic E-state index is -3.94. The van der Waals surface area contributed by atoms with Crippen LogP contribution >= 0.6 is 11.6 Å². The number of aliphatic hydroxyl groups is 1. The molecule has 4 aliphatic carbocycles. The van der Waals surface area contributed by atoms with Crippen molar-refractivity contribution < 1.29 is 41.6 Å². The summed E-state index contributed by atoms with van der Waals surface area (Å²) in [5.41, 5.74) is -2.74. The van der Waals surface area contributed by atoms with Crippen LogP contribution in [0.5, 0.6) is 0 Å². The number of fused-ring (bicyclic) bond motifs is 5. The lowest BCUT2D eigenvalue weighted by molar-refractivity contribution is -0.178. The first-order valence-corrected chi connectivity index (χ1v) is 15.9. The van der Waals surface area contributed by atoms with Crippen LogP contribution in [-0.4, -0.2) is 67.3 Å². The fourth-order valence-electron chi connectivity index (χ4n) is 7.84. The highest BCUT2D eigenvalue weighted by molar-refractivity contribution is 7.86. The van der Waals surface area contributed by atoms with Gasteiger partial charge in [0.25, 0.3) is 10.1 Å². The van der Waals surface area contributed by atoms with E-state index in [2.05, 4.69) is 0 Å². The van der Waals surface area contributed by atoms with E-state index in [4.69, 9.17) is 25.3 Å². The van der Waals surface area contributed by atoms with Crippen molar-refractivity contribution in [3.05, 3.63) is 23.8 Å². The van der Waals surface area contributed by atoms with Crippen LogP contribution in [0.15, 0.2) is 23.8 Å². The van der Waals surface area contributed by atoms with E-state index in [0.29, 0.717) is 25.7 Å². The summed E-state index contributed by atoms with van der Waals surface area (Å²) in [6.07, 6.45) is 7.81. The minimum absolute atomic E-state index is 0.0239. The van der Waals surface area contributed by atoms with Gasteiger partial charge in [0.05, 0.1) is 23.8 Å². The number of unbranched alkanes of at least 4 members (excludes halogenated alkanes) is 2. The molecule has 39 heavy (non-hydrogen) atoms. The van der Waals surface area contributed by atoms with Crippen LogP contribution in [0.2, 0.25) is 0 Å². The number of allylic oxidation sites excluding steroid dienone is 4. The van der Waals surface area contributed by atoms with Gasteiger partial charge in [-0.15, -0.1) is 11.6 Å². The van der Waals surface area contributed by atoms with E-state index in [1.807, 2.05) is 13.8 Å². The minimum Gasteiger partial charge on any atom is -0.434 e. The van der Waals surface area contributed by atoms with Crippen LogP contribution < -0.4 is 0 Å². The van der Waals surface area contributed by atoms with E-state index in [9.17, 15) is 27.9 Å². The number of carbonyl (C=O) groups is 3. The second-order valence-corrected chi connectivity index (χ2v) is 14.2. The largest absolute Gasteiger partial charge is 0.509 e. The van der Waals surface area contributed by atoms with Crippen molar-refractivity contribution in [3.63, 3.8) is 0 Å². The molecule has 0 spiro atoms. The lowest BCUT2D eigenvalue weighted by Gasteiger charge is -2.64. The Hall–Kier alpha value is -1.75. The van der Waals surface area contributed by atoms with Crippen molar-refractivity contribution in [2.75, 3.05) is 19.5 Å². The number of ether oxygens (including phenoxy) is 2. The first kappa shape index (κ1) is 30.2. The molecule has 0 bridgehead atoms. The summed E-state index contributed by atoms with van der Waals surface area (Å²) in [5, 5.41) is 11.8. The molecular formula is C28H39ClO9S. The van der Waals surface area contributed by atoms with E-state index in [1.54, 1.807) is 19.1 Å². The van der Waals surface area contributed by atoms with Crippen LogP contribution in [-0.2, 0) is 33.4 Å². The molecule has 0 amide bonds. The zero-order chi connectivity index (χ0) is 28.9. The standard InChI is InChI=1S/C28H39ClO9S/c1-5-6-7-14-36-24(33)38-27(23(32)17-37-39(4,34)35)13-11-20-21-9-8-18-15-19(30)10-12-25(18,2)28(21,29)22(31)16-26(20,27)3/h10,12,15,20-22,31H,5-9,11,13-14,16-17H2,1-4H3/t20-,21-,22?,25-,26-,27-,28-/m0/s1. The highest BCUT2D eigenvalue weighted by Crippen LogP contribution is 2.71. The van der Waals surface area contributed by atoms with Crippen LogP contribution in [0, 0.1) is 22.7 Å². The predicted octanol–water partition coefficient (Wildman–Crippen LogP) is 4.25. The van der Waals surface area contributed by atoms with Crippen molar-refractivity contribution in [1.82, 2.24) is 0 Å². The summed E-state index contributed by atoms with van der Waals surface area (Å²) in [4.78, 5) is 37.6. The van der Waals surface area contributed by atoms with Gasteiger partial charge in [0.15, 0.2) is 11.4 Å². The zero-order valence-corrected chi connectivity index (χ0v) is 24.6. The maximum absolute atomic E-state index is 13.8. The molecule has 0 aromatic heterocycles. The molecule has 11 heteroatoms. The molecule has 0 radical (unpaired) electrons. The molecular weight excluding hydrogens is 548 g/mol. The second kappa shape index (κ2) is 10.6. The van der Waals surface area contributed by atoms with Gasteiger partial charge in [-0.25, -0.2) is 4.79 Å². The summed E-state index contributed by atoms with van der Waals surface area (Å²) >= 11 is 7.44. The molecule has 0 heterocycles. The van der Waals surface area contributed by atoms with Gasteiger partial charge in [-0.2, -0.15) is 8.42 Å². The van der Waals surface area contributed by atoms with Gasteiger partial charge in [0, 0.05) is 10.8 Å². The van der Waals surface area contributed by atoms with Crippen LogP contribution in [0.4, 0.5) is 4.79 Å². The lowest BCUT2D eigenvalue weighted by Crippen LogP contribution is -2.69. The third kappa shape index (κ3) is 4.89. The molecule has 9 nitrogen and oxygen atoms in total. The van der Waals surface area contributed by atoms with Crippen LogP contribution in [0.3, 0.4) is 0 Å². The van der Waals surface area contributed by atoms with Gasteiger partial charge >= 0.3 is 6.16 Å². The molecule has 0 aromatic carbocycles. The molecule has 1 unspecified atom stereocenters. The summed E-state index contributed by atoms with van der Waals surface area (Å²) in [6, 6.07) is 0. The summed E-state index contributed by atoms with van der Waals surface area (Å²) < 4.78 is 39.5. The average molecular weight is 587 g/mol. The highest BCUT2D eigenvalue weighted by Gasteiger charge is 2.74. The quantitative estimate of drug-likeness (QED) is 0.182. The zero-order valence-electron chi connectivity index (χ0n) is 23.0. The van der Waals surface area contributed by atoms with Gasteiger partial charge in [-0.1, -0.05) is 45.3 Å². The van der Waals surface area contributed by atoms with Crippen molar-refractivity contribution in [3.8, 4) is 0 Å². The molecule has 4 aliphatic rings. The number of hydrogen-bond acceptors (Lipinski definition) is 9. The molecule has 3 saturated carbocycles. The number of Topliss-reactive ketones (excluding diaryl/α,β-unsaturated/α-hetero) is 1. The normalized spacial score (nSPS) is 39.3. The summed E-state index contributed by atoms with van der Waals surface area (Å²) in [6.45, 7) is 5.09. The molecule has 0 aliphatic heterocycles. The van der Waals surface area contributed by atoms with E-state index in [1.165, 1.54) is 6.08 Å². The number of rotatable bonds is 9. The van der Waals surface area contributed by atoms with Crippen molar-refractivity contribution >= 4 is 39.4 Å². The van der Waals surface area contributed by atoms with Crippen molar-refractivity contribution in [2.45, 2.75) is 88.7 Å².